The smallest absolute Gasteiger partial charge is 0.281 e. The van der Waals surface area contributed by atoms with Gasteiger partial charge in [-0.25, -0.2) is 9.97 Å². The lowest BCUT2D eigenvalue weighted by molar-refractivity contribution is 0.0955. The van der Waals surface area contributed by atoms with Crippen molar-refractivity contribution in [1.82, 2.24) is 19.1 Å². The van der Waals surface area contributed by atoms with Gasteiger partial charge in [-0.2, -0.15) is 0 Å². The van der Waals surface area contributed by atoms with E-state index in [1.54, 1.807) is 19.5 Å². The van der Waals surface area contributed by atoms with Crippen LogP contribution in [0.15, 0.2) is 49.1 Å². The van der Waals surface area contributed by atoms with Crippen molar-refractivity contribution in [3.8, 4) is 0 Å². The second kappa shape index (κ2) is 8.24. The second-order valence-corrected chi connectivity index (χ2v) is 8.30. The molecule has 164 valence electrons. The van der Waals surface area contributed by atoms with E-state index in [0.717, 1.165) is 48.3 Å². The summed E-state index contributed by atoms with van der Waals surface area (Å²) in [4.78, 5) is 24.4. The van der Waals surface area contributed by atoms with Gasteiger partial charge in [-0.1, -0.05) is 24.3 Å². The van der Waals surface area contributed by atoms with Crippen molar-refractivity contribution >= 4 is 22.6 Å². The lowest BCUT2D eigenvalue weighted by Crippen LogP contribution is -2.32. The SMILES string of the molecule is COCCn1c(C)c(C)c2cc(C(=O)n3ccnc3)nc(N3CCc4ccccc4C3)c21. The number of benzene rings is 1. The molecule has 5 rings (SSSR count). The molecule has 7 heteroatoms. The van der Waals surface area contributed by atoms with Gasteiger partial charge in [0.2, 0.25) is 0 Å². The number of hydrogen-bond donors (Lipinski definition) is 0. The van der Waals surface area contributed by atoms with Crippen molar-refractivity contribution in [3.63, 3.8) is 0 Å². The van der Waals surface area contributed by atoms with Crippen LogP contribution in [0.2, 0.25) is 0 Å². The van der Waals surface area contributed by atoms with Gasteiger partial charge in [-0.15, -0.1) is 0 Å². The van der Waals surface area contributed by atoms with Crippen LogP contribution in [0.25, 0.3) is 10.9 Å². The third kappa shape index (κ3) is 3.39. The van der Waals surface area contributed by atoms with Crippen LogP contribution >= 0.6 is 0 Å². The lowest BCUT2D eigenvalue weighted by Gasteiger charge is -2.31. The molecule has 0 amide bonds. The summed E-state index contributed by atoms with van der Waals surface area (Å²) in [6.45, 7) is 7.21. The summed E-state index contributed by atoms with van der Waals surface area (Å²) in [6, 6.07) is 10.5. The van der Waals surface area contributed by atoms with Gasteiger partial charge in [0.05, 0.1) is 12.1 Å². The molecule has 7 nitrogen and oxygen atoms in total. The number of anilines is 1. The van der Waals surface area contributed by atoms with Gasteiger partial charge in [-0.05, 0) is 43.0 Å². The number of methoxy groups -OCH3 is 1. The molecule has 0 spiro atoms. The van der Waals surface area contributed by atoms with Crippen molar-refractivity contribution < 1.29 is 9.53 Å². The van der Waals surface area contributed by atoms with Gasteiger partial charge in [-0.3, -0.25) is 9.36 Å². The van der Waals surface area contributed by atoms with Gasteiger partial charge in [0.1, 0.15) is 12.0 Å². The predicted molar refractivity (Wildman–Crippen MR) is 124 cm³/mol. The van der Waals surface area contributed by atoms with E-state index in [4.69, 9.17) is 9.72 Å². The molecule has 0 unspecified atom stereocenters. The van der Waals surface area contributed by atoms with Crippen molar-refractivity contribution in [1.29, 1.82) is 0 Å². The number of carbonyl (C=O) groups is 1. The Morgan fingerprint density at radius 1 is 1.19 bits per heavy atom. The zero-order valence-electron chi connectivity index (χ0n) is 18.7. The monoisotopic (exact) mass is 429 g/mol. The standard InChI is InChI=1S/C25H27N5O2/c1-17-18(2)30(12-13-32-3)23-21(17)14-22(25(31)29-11-9-26-16-29)27-24(23)28-10-8-19-6-4-5-7-20(19)15-28/h4-7,9,11,14,16H,8,10,12-13,15H2,1-3H3. The molecule has 0 bridgehead atoms. The number of aryl methyl sites for hydroxylation is 1. The molecule has 1 aliphatic rings. The summed E-state index contributed by atoms with van der Waals surface area (Å²) in [6.07, 6.45) is 5.74. The average Bonchev–Trinajstić information content (AvgIpc) is 3.44. The fourth-order valence-corrected chi connectivity index (χ4v) is 4.62. The van der Waals surface area contributed by atoms with E-state index in [0.29, 0.717) is 12.3 Å². The molecule has 0 saturated heterocycles. The number of rotatable bonds is 5. The van der Waals surface area contributed by atoms with Crippen molar-refractivity contribution in [2.45, 2.75) is 33.4 Å². The zero-order chi connectivity index (χ0) is 22.2. The molecular weight excluding hydrogens is 402 g/mol. The molecule has 4 heterocycles. The Morgan fingerprint density at radius 2 is 2.00 bits per heavy atom. The fraction of sp³-hybridized carbons (Fsp3) is 0.320. The summed E-state index contributed by atoms with van der Waals surface area (Å²) in [7, 11) is 1.72. The number of carbonyl (C=O) groups excluding carboxylic acids is 1. The van der Waals surface area contributed by atoms with Crippen molar-refractivity contribution in [2.75, 3.05) is 25.2 Å². The van der Waals surface area contributed by atoms with E-state index in [1.807, 2.05) is 6.07 Å². The third-order valence-electron chi connectivity index (χ3n) is 6.50. The molecule has 1 aliphatic heterocycles. The van der Waals surface area contributed by atoms with E-state index in [-0.39, 0.29) is 5.91 Å². The molecule has 32 heavy (non-hydrogen) atoms. The predicted octanol–water partition coefficient (Wildman–Crippen LogP) is 3.75. The molecule has 0 atom stereocenters. The number of pyridine rings is 1. The average molecular weight is 430 g/mol. The molecule has 0 saturated carbocycles. The molecule has 1 aromatic carbocycles. The number of imidazole rings is 1. The number of fused-ring (bicyclic) bond motifs is 2. The van der Waals surface area contributed by atoms with Gasteiger partial charge >= 0.3 is 0 Å². The Kier molecular flexibility index (Phi) is 5.27. The summed E-state index contributed by atoms with van der Waals surface area (Å²) in [5.74, 6) is 0.678. The minimum Gasteiger partial charge on any atom is -0.383 e. The van der Waals surface area contributed by atoms with Gasteiger partial charge in [0, 0.05) is 50.2 Å². The number of hydrogen-bond acceptors (Lipinski definition) is 5. The summed E-state index contributed by atoms with van der Waals surface area (Å²) in [5, 5.41) is 1.06. The van der Waals surface area contributed by atoms with Crippen LogP contribution in [-0.2, 0) is 24.2 Å². The molecule has 4 aromatic rings. The first-order chi connectivity index (χ1) is 15.6. The first-order valence-corrected chi connectivity index (χ1v) is 10.9. The minimum absolute atomic E-state index is 0.176. The number of ether oxygens (including phenoxy) is 1. The Bertz CT molecular complexity index is 1290. The molecule has 0 N–H and O–H groups in total. The van der Waals surface area contributed by atoms with Gasteiger partial charge in [0.25, 0.3) is 5.91 Å². The van der Waals surface area contributed by atoms with Gasteiger partial charge in [0.15, 0.2) is 5.82 Å². The van der Waals surface area contributed by atoms with Crippen LogP contribution in [-0.4, -0.2) is 45.3 Å². The zero-order valence-corrected chi connectivity index (χ0v) is 18.7. The molecule has 0 fully saturated rings. The molecule has 3 aromatic heterocycles. The highest BCUT2D eigenvalue weighted by molar-refractivity contribution is 6.02. The maximum atomic E-state index is 13.2. The second-order valence-electron chi connectivity index (χ2n) is 8.30. The number of nitrogens with zero attached hydrogens (tertiary/aromatic N) is 5. The first kappa shape index (κ1) is 20.5. The van der Waals surface area contributed by atoms with Crippen molar-refractivity contribution in [3.05, 3.63) is 77.1 Å². The summed E-state index contributed by atoms with van der Waals surface area (Å²) in [5.41, 5.74) is 6.52. The van der Waals surface area contributed by atoms with E-state index in [9.17, 15) is 4.79 Å². The Labute approximate surface area is 187 Å². The highest BCUT2D eigenvalue weighted by Crippen LogP contribution is 2.35. The maximum Gasteiger partial charge on any atom is 0.281 e. The Morgan fingerprint density at radius 3 is 2.75 bits per heavy atom. The van der Waals surface area contributed by atoms with E-state index in [1.165, 1.54) is 27.7 Å². The summed E-state index contributed by atoms with van der Waals surface area (Å²) >= 11 is 0. The van der Waals surface area contributed by atoms with E-state index < -0.39 is 0 Å². The quantitative estimate of drug-likeness (QED) is 0.484. The van der Waals surface area contributed by atoms with Crippen LogP contribution in [0, 0.1) is 13.8 Å². The summed E-state index contributed by atoms with van der Waals surface area (Å²) < 4.78 is 9.14. The lowest BCUT2D eigenvalue weighted by atomic mass is 10.00. The van der Waals surface area contributed by atoms with Crippen LogP contribution in [0.5, 0.6) is 0 Å². The van der Waals surface area contributed by atoms with Crippen molar-refractivity contribution in [2.24, 2.45) is 0 Å². The third-order valence-corrected chi connectivity index (χ3v) is 6.50. The maximum absolute atomic E-state index is 13.2. The highest BCUT2D eigenvalue weighted by atomic mass is 16.5. The fourth-order valence-electron chi connectivity index (χ4n) is 4.62. The van der Waals surface area contributed by atoms with E-state index >= 15 is 0 Å². The van der Waals surface area contributed by atoms with Crippen LogP contribution in [0.1, 0.15) is 32.9 Å². The topological polar surface area (TPSA) is 65.2 Å². The normalized spacial score (nSPS) is 13.5. The first-order valence-electron chi connectivity index (χ1n) is 10.9. The Balaban J connectivity index is 1.69. The van der Waals surface area contributed by atoms with Gasteiger partial charge < -0.3 is 14.2 Å². The largest absolute Gasteiger partial charge is 0.383 e. The molecular formula is C25H27N5O2. The highest BCUT2D eigenvalue weighted by Gasteiger charge is 2.25. The van der Waals surface area contributed by atoms with Crippen LogP contribution in [0.4, 0.5) is 5.82 Å². The van der Waals surface area contributed by atoms with Crippen LogP contribution in [0.3, 0.4) is 0 Å². The molecule has 0 aliphatic carbocycles. The minimum atomic E-state index is -0.176. The van der Waals surface area contributed by atoms with E-state index in [2.05, 4.69) is 52.6 Å². The Hall–Kier alpha value is -3.45. The number of aromatic nitrogens is 4. The molecule has 0 radical (unpaired) electrons. The van der Waals surface area contributed by atoms with Crippen LogP contribution < -0.4 is 4.90 Å².